The Balaban J connectivity index is 1.54. The highest BCUT2D eigenvalue weighted by Crippen LogP contribution is 2.38. The third-order valence-electron chi connectivity index (χ3n) is 6.70. The van der Waals surface area contributed by atoms with E-state index < -0.39 is 6.10 Å². The van der Waals surface area contributed by atoms with Gasteiger partial charge in [0.15, 0.2) is 6.10 Å². The highest BCUT2D eigenvalue weighted by atomic mass is 19.1. The van der Waals surface area contributed by atoms with Crippen LogP contribution < -0.4 is 10.1 Å². The summed E-state index contributed by atoms with van der Waals surface area (Å²) in [5.74, 6) is 0.430. The van der Waals surface area contributed by atoms with Crippen LogP contribution in [0.25, 0.3) is 0 Å². The van der Waals surface area contributed by atoms with E-state index in [4.69, 9.17) is 4.74 Å². The smallest absolute Gasteiger partial charge is 0.261 e. The fourth-order valence-electron chi connectivity index (χ4n) is 4.70. The summed E-state index contributed by atoms with van der Waals surface area (Å²) in [4.78, 5) is 27.9. The minimum atomic E-state index is -0.724. The SMILES string of the molecule is Cc1ccc(C2c3cc(OC(C)C(=O)NCc4ccc(F)cc4)ccc3CCN2C(=O)CC(C)C)cc1. The van der Waals surface area contributed by atoms with Gasteiger partial charge in [-0.25, -0.2) is 4.39 Å². The standard InChI is InChI=1S/C31H35FN2O3/c1-20(2)17-29(35)34-16-15-24-11-14-27(18-28(24)30(34)25-9-5-21(3)6-10-25)37-22(4)31(36)33-19-23-7-12-26(32)13-8-23/h5-14,18,20,22,30H,15-17,19H2,1-4H3,(H,33,36). The third-order valence-corrected chi connectivity index (χ3v) is 6.70. The number of carbonyl (C=O) groups excluding carboxylic acids is 2. The molecule has 3 aromatic carbocycles. The summed E-state index contributed by atoms with van der Waals surface area (Å²) < 4.78 is 19.2. The lowest BCUT2D eigenvalue weighted by molar-refractivity contribution is -0.134. The van der Waals surface area contributed by atoms with Crippen molar-refractivity contribution in [2.24, 2.45) is 5.92 Å². The zero-order valence-corrected chi connectivity index (χ0v) is 22.0. The number of hydrogen-bond donors (Lipinski definition) is 1. The molecule has 2 unspecified atom stereocenters. The average Bonchev–Trinajstić information content (AvgIpc) is 2.87. The zero-order valence-electron chi connectivity index (χ0n) is 22.0. The molecule has 4 rings (SSSR count). The molecule has 0 saturated heterocycles. The molecule has 1 aliphatic rings. The van der Waals surface area contributed by atoms with Crippen LogP contribution in [-0.2, 0) is 22.6 Å². The van der Waals surface area contributed by atoms with Gasteiger partial charge in [-0.2, -0.15) is 0 Å². The summed E-state index contributed by atoms with van der Waals surface area (Å²) >= 11 is 0. The molecule has 194 valence electrons. The maximum Gasteiger partial charge on any atom is 0.261 e. The van der Waals surface area contributed by atoms with Crippen LogP contribution in [0, 0.1) is 18.7 Å². The summed E-state index contributed by atoms with van der Waals surface area (Å²) in [6, 6.07) is 20.0. The molecule has 2 atom stereocenters. The molecule has 0 radical (unpaired) electrons. The molecule has 2 amide bonds. The van der Waals surface area contributed by atoms with Gasteiger partial charge in [-0.15, -0.1) is 0 Å². The molecule has 0 saturated carbocycles. The third kappa shape index (κ3) is 6.56. The number of ether oxygens (including phenoxy) is 1. The van der Waals surface area contributed by atoms with Crippen molar-refractivity contribution in [1.29, 1.82) is 0 Å². The van der Waals surface area contributed by atoms with E-state index in [9.17, 15) is 14.0 Å². The highest BCUT2D eigenvalue weighted by Gasteiger charge is 2.32. The van der Waals surface area contributed by atoms with Crippen LogP contribution in [0.15, 0.2) is 66.7 Å². The molecule has 3 aromatic rings. The van der Waals surface area contributed by atoms with Crippen LogP contribution in [0.5, 0.6) is 5.75 Å². The van der Waals surface area contributed by atoms with Crippen molar-refractivity contribution in [2.45, 2.75) is 59.2 Å². The van der Waals surface area contributed by atoms with Crippen LogP contribution in [0.4, 0.5) is 4.39 Å². The lowest BCUT2D eigenvalue weighted by Gasteiger charge is -2.38. The Morgan fingerprint density at radius 3 is 2.41 bits per heavy atom. The highest BCUT2D eigenvalue weighted by molar-refractivity contribution is 5.80. The van der Waals surface area contributed by atoms with Crippen molar-refractivity contribution >= 4 is 11.8 Å². The second kappa shape index (κ2) is 11.6. The van der Waals surface area contributed by atoms with E-state index in [-0.39, 0.29) is 29.6 Å². The predicted molar refractivity (Wildman–Crippen MR) is 143 cm³/mol. The van der Waals surface area contributed by atoms with E-state index >= 15 is 0 Å². The molecule has 0 spiro atoms. The van der Waals surface area contributed by atoms with Gasteiger partial charge < -0.3 is 15.0 Å². The molecular weight excluding hydrogens is 467 g/mol. The topological polar surface area (TPSA) is 58.6 Å². The van der Waals surface area contributed by atoms with Crippen molar-refractivity contribution in [1.82, 2.24) is 10.2 Å². The monoisotopic (exact) mass is 502 g/mol. The van der Waals surface area contributed by atoms with Crippen molar-refractivity contribution in [2.75, 3.05) is 6.54 Å². The minimum absolute atomic E-state index is 0.145. The van der Waals surface area contributed by atoms with Gasteiger partial charge in [-0.3, -0.25) is 9.59 Å². The summed E-state index contributed by atoms with van der Waals surface area (Å²) in [5, 5.41) is 2.84. The normalized spacial score (nSPS) is 15.7. The Morgan fingerprint density at radius 1 is 1.03 bits per heavy atom. The van der Waals surface area contributed by atoms with Gasteiger partial charge in [0.05, 0.1) is 6.04 Å². The fourth-order valence-corrected chi connectivity index (χ4v) is 4.70. The van der Waals surface area contributed by atoms with Gasteiger partial charge in [-0.05, 0) is 72.7 Å². The van der Waals surface area contributed by atoms with Gasteiger partial charge in [0, 0.05) is 19.5 Å². The zero-order chi connectivity index (χ0) is 26.5. The Hall–Kier alpha value is -3.67. The first-order valence-electron chi connectivity index (χ1n) is 12.9. The number of nitrogens with one attached hydrogen (secondary N) is 1. The Kier molecular flexibility index (Phi) is 8.27. The van der Waals surface area contributed by atoms with E-state index in [1.54, 1.807) is 19.1 Å². The summed E-state index contributed by atoms with van der Waals surface area (Å²) in [6.07, 6.45) is 0.549. The number of amides is 2. The maximum atomic E-state index is 13.2. The van der Waals surface area contributed by atoms with E-state index in [1.807, 2.05) is 23.1 Å². The average molecular weight is 503 g/mol. The second-order valence-corrected chi connectivity index (χ2v) is 10.2. The van der Waals surface area contributed by atoms with Gasteiger partial charge in [-0.1, -0.05) is 61.9 Å². The molecule has 0 fully saturated rings. The lowest BCUT2D eigenvalue weighted by atomic mass is 9.87. The fraction of sp³-hybridized carbons (Fsp3) is 0.355. The summed E-state index contributed by atoms with van der Waals surface area (Å²) in [7, 11) is 0. The Labute approximate surface area is 218 Å². The van der Waals surface area contributed by atoms with Crippen LogP contribution in [-0.4, -0.2) is 29.4 Å². The molecule has 1 aliphatic heterocycles. The number of halogens is 1. The summed E-state index contributed by atoms with van der Waals surface area (Å²) in [6.45, 7) is 8.83. The van der Waals surface area contributed by atoms with Crippen LogP contribution in [0.2, 0.25) is 0 Å². The van der Waals surface area contributed by atoms with Crippen molar-refractivity contribution < 1.29 is 18.7 Å². The summed E-state index contributed by atoms with van der Waals surface area (Å²) in [5.41, 5.74) is 5.25. The van der Waals surface area contributed by atoms with Gasteiger partial charge >= 0.3 is 0 Å². The Bertz CT molecular complexity index is 1240. The molecule has 1 N–H and O–H groups in total. The van der Waals surface area contributed by atoms with Gasteiger partial charge in [0.1, 0.15) is 11.6 Å². The molecule has 5 nitrogen and oxygen atoms in total. The first-order chi connectivity index (χ1) is 17.7. The number of carbonyl (C=O) groups is 2. The molecular formula is C31H35FN2O3. The molecule has 0 aliphatic carbocycles. The van der Waals surface area contributed by atoms with Crippen LogP contribution >= 0.6 is 0 Å². The number of fused-ring (bicyclic) bond motifs is 1. The number of hydrogen-bond acceptors (Lipinski definition) is 3. The second-order valence-electron chi connectivity index (χ2n) is 10.2. The Morgan fingerprint density at radius 2 is 1.73 bits per heavy atom. The van der Waals surface area contributed by atoms with Crippen LogP contribution in [0.1, 0.15) is 61.1 Å². The maximum absolute atomic E-state index is 13.2. The van der Waals surface area contributed by atoms with E-state index in [2.05, 4.69) is 50.4 Å². The van der Waals surface area contributed by atoms with E-state index in [0.717, 1.165) is 28.7 Å². The largest absolute Gasteiger partial charge is 0.481 e. The van der Waals surface area contributed by atoms with Crippen LogP contribution in [0.3, 0.4) is 0 Å². The number of rotatable bonds is 8. The molecule has 0 bridgehead atoms. The van der Waals surface area contributed by atoms with Crippen molar-refractivity contribution in [3.63, 3.8) is 0 Å². The van der Waals surface area contributed by atoms with Crippen molar-refractivity contribution in [3.05, 3.63) is 100 Å². The van der Waals surface area contributed by atoms with E-state index in [1.165, 1.54) is 17.7 Å². The van der Waals surface area contributed by atoms with Crippen molar-refractivity contribution in [3.8, 4) is 5.75 Å². The van der Waals surface area contributed by atoms with Gasteiger partial charge in [0.2, 0.25) is 5.91 Å². The number of benzene rings is 3. The number of aryl methyl sites for hydroxylation is 1. The lowest BCUT2D eigenvalue weighted by Crippen LogP contribution is -2.41. The first-order valence-corrected chi connectivity index (χ1v) is 12.9. The molecule has 6 heteroatoms. The molecule has 37 heavy (non-hydrogen) atoms. The molecule has 1 heterocycles. The predicted octanol–water partition coefficient (Wildman–Crippen LogP) is 5.74. The van der Waals surface area contributed by atoms with Gasteiger partial charge in [0.25, 0.3) is 5.91 Å². The molecule has 0 aromatic heterocycles. The minimum Gasteiger partial charge on any atom is -0.481 e. The first kappa shape index (κ1) is 26.4. The number of nitrogens with zero attached hydrogens (tertiary/aromatic N) is 1. The van der Waals surface area contributed by atoms with E-state index in [0.29, 0.717) is 25.3 Å². The quantitative estimate of drug-likeness (QED) is 0.428.